The topological polar surface area (TPSA) is 59.9 Å². The number of carbonyl (C=O) groups excluding carboxylic acids is 1. The van der Waals surface area contributed by atoms with Gasteiger partial charge in [0.25, 0.3) is 0 Å². The molecule has 2 aliphatic heterocycles. The van der Waals surface area contributed by atoms with Crippen molar-refractivity contribution in [1.29, 1.82) is 0 Å². The minimum absolute atomic E-state index is 0.0917. The van der Waals surface area contributed by atoms with Crippen LogP contribution in [0.25, 0.3) is 0 Å². The molecule has 0 radical (unpaired) electrons. The maximum atomic E-state index is 13.1. The average Bonchev–Trinajstić information content (AvgIpc) is 3.11. The lowest BCUT2D eigenvalue weighted by atomic mass is 9.74. The highest BCUT2D eigenvalue weighted by atomic mass is 19.1. The zero-order valence-electron chi connectivity index (χ0n) is 15.5. The molecule has 0 spiro atoms. The number of nitrogens with one attached hydrogen (secondary N) is 1. The number of amides is 1. The van der Waals surface area contributed by atoms with Gasteiger partial charge in [0.15, 0.2) is 0 Å². The Labute approximate surface area is 153 Å². The Hall–Kier alpha value is -1.95. The molecular weight excluding hydrogens is 335 g/mol. The smallest absolute Gasteiger partial charge is 0.226 e. The summed E-state index contributed by atoms with van der Waals surface area (Å²) >= 11 is 0. The molecule has 1 saturated heterocycles. The van der Waals surface area contributed by atoms with E-state index in [1.165, 1.54) is 12.1 Å². The lowest BCUT2D eigenvalue weighted by molar-refractivity contribution is -0.140. The first-order valence-electron chi connectivity index (χ1n) is 9.40. The first-order chi connectivity index (χ1) is 12.5. The second-order valence-corrected chi connectivity index (χ2v) is 7.36. The van der Waals surface area contributed by atoms with Gasteiger partial charge in [-0.2, -0.15) is 0 Å². The van der Waals surface area contributed by atoms with Crippen molar-refractivity contribution in [2.24, 2.45) is 10.6 Å². The molecule has 1 N–H and O–H groups in total. The average molecular weight is 362 g/mol. The summed E-state index contributed by atoms with van der Waals surface area (Å²) in [7, 11) is 0. The summed E-state index contributed by atoms with van der Waals surface area (Å²) < 4.78 is 18.6. The highest BCUT2D eigenvalue weighted by Gasteiger charge is 2.43. The summed E-state index contributed by atoms with van der Waals surface area (Å²) in [4.78, 5) is 18.6. The first kappa shape index (κ1) is 18.8. The van der Waals surface area contributed by atoms with Crippen molar-refractivity contribution in [3.63, 3.8) is 0 Å². The maximum Gasteiger partial charge on any atom is 0.226 e. The van der Waals surface area contributed by atoms with Crippen LogP contribution in [0.15, 0.2) is 29.4 Å². The Morgan fingerprint density at radius 2 is 2.04 bits per heavy atom. The van der Waals surface area contributed by atoms with Crippen molar-refractivity contribution in [2.45, 2.75) is 58.1 Å². The van der Waals surface area contributed by atoms with Crippen LogP contribution in [0.4, 0.5) is 4.39 Å². The molecule has 6 heteroatoms. The molecule has 2 aliphatic rings. The number of halogens is 1. The zero-order valence-corrected chi connectivity index (χ0v) is 15.5. The van der Waals surface area contributed by atoms with E-state index in [1.807, 2.05) is 6.92 Å². The van der Waals surface area contributed by atoms with Crippen LogP contribution in [0.5, 0.6) is 0 Å². The van der Waals surface area contributed by atoms with E-state index in [2.05, 4.69) is 17.4 Å². The van der Waals surface area contributed by atoms with E-state index < -0.39 is 5.41 Å². The normalized spacial score (nSPS) is 23.0. The van der Waals surface area contributed by atoms with E-state index in [9.17, 15) is 9.18 Å². The number of ether oxygens (including phenoxy) is 1. The van der Waals surface area contributed by atoms with E-state index in [1.54, 1.807) is 12.1 Å². The van der Waals surface area contributed by atoms with Crippen molar-refractivity contribution < 1.29 is 18.8 Å². The Kier molecular flexibility index (Phi) is 5.91. The SMILES string of the molecule is CCC(C)NC(=O)C1(CC2CC(c3ccc(F)cc3)=NO2)CCOCC1. The fourth-order valence-corrected chi connectivity index (χ4v) is 3.55. The number of hydrogen-bond acceptors (Lipinski definition) is 4. The quantitative estimate of drug-likeness (QED) is 0.843. The molecule has 1 fully saturated rings. The van der Waals surface area contributed by atoms with Gasteiger partial charge in [-0.3, -0.25) is 4.79 Å². The van der Waals surface area contributed by atoms with Crippen LogP contribution in [0.2, 0.25) is 0 Å². The molecule has 3 rings (SSSR count). The first-order valence-corrected chi connectivity index (χ1v) is 9.40. The van der Waals surface area contributed by atoms with Gasteiger partial charge in [-0.1, -0.05) is 24.2 Å². The largest absolute Gasteiger partial charge is 0.392 e. The van der Waals surface area contributed by atoms with Gasteiger partial charge in [-0.15, -0.1) is 0 Å². The molecule has 1 aromatic carbocycles. The summed E-state index contributed by atoms with van der Waals surface area (Å²) in [6.45, 7) is 5.26. The lowest BCUT2D eigenvalue weighted by Crippen LogP contribution is -2.48. The molecule has 2 unspecified atom stereocenters. The van der Waals surface area contributed by atoms with Crippen molar-refractivity contribution in [3.8, 4) is 0 Å². The Morgan fingerprint density at radius 3 is 2.69 bits per heavy atom. The van der Waals surface area contributed by atoms with Crippen LogP contribution < -0.4 is 5.32 Å². The lowest BCUT2D eigenvalue weighted by Gasteiger charge is -2.37. The Morgan fingerprint density at radius 1 is 1.35 bits per heavy atom. The molecule has 1 aromatic rings. The third-order valence-electron chi connectivity index (χ3n) is 5.45. The predicted molar refractivity (Wildman–Crippen MR) is 97.4 cm³/mol. The van der Waals surface area contributed by atoms with Gasteiger partial charge in [-0.05, 0) is 43.9 Å². The Bertz CT molecular complexity index is 654. The molecule has 2 atom stereocenters. The van der Waals surface area contributed by atoms with Gasteiger partial charge >= 0.3 is 0 Å². The number of hydrogen-bond donors (Lipinski definition) is 1. The van der Waals surface area contributed by atoms with Crippen molar-refractivity contribution in [2.75, 3.05) is 13.2 Å². The van der Waals surface area contributed by atoms with Crippen molar-refractivity contribution >= 4 is 11.6 Å². The van der Waals surface area contributed by atoms with E-state index in [0.717, 1.165) is 17.7 Å². The molecule has 0 aliphatic carbocycles. The predicted octanol–water partition coefficient (Wildman–Crippen LogP) is 3.42. The zero-order chi connectivity index (χ0) is 18.6. The monoisotopic (exact) mass is 362 g/mol. The van der Waals surface area contributed by atoms with Crippen LogP contribution in [0, 0.1) is 11.2 Å². The molecule has 2 heterocycles. The third-order valence-corrected chi connectivity index (χ3v) is 5.45. The second-order valence-electron chi connectivity index (χ2n) is 7.36. The van der Waals surface area contributed by atoms with E-state index in [0.29, 0.717) is 38.9 Å². The fourth-order valence-electron chi connectivity index (χ4n) is 3.55. The van der Waals surface area contributed by atoms with Gasteiger partial charge in [-0.25, -0.2) is 4.39 Å². The molecule has 5 nitrogen and oxygen atoms in total. The standard InChI is InChI=1S/C20H27FN2O3/c1-3-14(2)22-19(24)20(8-10-25-11-9-20)13-17-12-18(23-26-17)15-4-6-16(21)7-5-15/h4-7,14,17H,3,8-13H2,1-2H3,(H,22,24). The van der Waals surface area contributed by atoms with Gasteiger partial charge in [0.05, 0.1) is 11.1 Å². The molecule has 1 amide bonds. The van der Waals surface area contributed by atoms with Crippen molar-refractivity contribution in [1.82, 2.24) is 5.32 Å². The van der Waals surface area contributed by atoms with E-state index in [-0.39, 0.29) is 23.9 Å². The summed E-state index contributed by atoms with van der Waals surface area (Å²) in [6, 6.07) is 6.41. The van der Waals surface area contributed by atoms with E-state index in [4.69, 9.17) is 9.57 Å². The van der Waals surface area contributed by atoms with Crippen LogP contribution >= 0.6 is 0 Å². The van der Waals surface area contributed by atoms with Crippen LogP contribution in [0.3, 0.4) is 0 Å². The van der Waals surface area contributed by atoms with Crippen LogP contribution in [-0.4, -0.2) is 37.0 Å². The number of oxime groups is 1. The second kappa shape index (κ2) is 8.16. The molecule has 26 heavy (non-hydrogen) atoms. The minimum atomic E-state index is -0.472. The van der Waals surface area contributed by atoms with Gasteiger partial charge in [0.1, 0.15) is 11.9 Å². The van der Waals surface area contributed by atoms with Crippen LogP contribution in [-0.2, 0) is 14.4 Å². The number of benzene rings is 1. The highest BCUT2D eigenvalue weighted by Crippen LogP contribution is 2.38. The van der Waals surface area contributed by atoms with Crippen LogP contribution in [0.1, 0.15) is 51.5 Å². The van der Waals surface area contributed by atoms with Gasteiger partial charge in [0.2, 0.25) is 5.91 Å². The van der Waals surface area contributed by atoms with Crippen molar-refractivity contribution in [3.05, 3.63) is 35.6 Å². The van der Waals surface area contributed by atoms with Gasteiger partial charge < -0.3 is 14.9 Å². The summed E-state index contributed by atoms with van der Waals surface area (Å²) in [6.07, 6.45) is 3.39. The Balaban J connectivity index is 1.66. The fraction of sp³-hybridized carbons (Fsp3) is 0.600. The summed E-state index contributed by atoms with van der Waals surface area (Å²) in [5.74, 6) is -0.179. The molecule has 0 bridgehead atoms. The summed E-state index contributed by atoms with van der Waals surface area (Å²) in [5.41, 5.74) is 1.19. The minimum Gasteiger partial charge on any atom is -0.392 e. The highest BCUT2D eigenvalue weighted by molar-refractivity contribution is 6.01. The number of carbonyl (C=O) groups is 1. The third kappa shape index (κ3) is 4.23. The molecular formula is C20H27FN2O3. The molecule has 0 aromatic heterocycles. The molecule has 142 valence electrons. The maximum absolute atomic E-state index is 13.1. The molecule has 0 saturated carbocycles. The van der Waals surface area contributed by atoms with E-state index >= 15 is 0 Å². The summed E-state index contributed by atoms with van der Waals surface area (Å²) in [5, 5.41) is 7.32. The number of nitrogens with zero attached hydrogens (tertiary/aromatic N) is 1. The van der Waals surface area contributed by atoms with Gasteiger partial charge in [0, 0.05) is 32.1 Å². The number of rotatable bonds is 6.